The second kappa shape index (κ2) is 6.12. The number of halogens is 1. The first kappa shape index (κ1) is 15.1. The van der Waals surface area contributed by atoms with Crippen LogP contribution in [0.1, 0.15) is 16.8 Å². The van der Waals surface area contributed by atoms with Crippen molar-refractivity contribution in [3.05, 3.63) is 33.9 Å². The SMILES string of the molecule is Cc1ncc2c(c1-c1noc(-c3cscn3)n1)CCNC2.Cl. The largest absolute Gasteiger partial charge is 0.332 e. The van der Waals surface area contributed by atoms with E-state index in [1.165, 1.54) is 22.5 Å². The van der Waals surface area contributed by atoms with Gasteiger partial charge in [-0.25, -0.2) is 4.98 Å². The zero-order valence-corrected chi connectivity index (χ0v) is 13.5. The maximum absolute atomic E-state index is 5.35. The van der Waals surface area contributed by atoms with Crippen molar-refractivity contribution in [2.75, 3.05) is 6.54 Å². The third-order valence-corrected chi connectivity index (χ3v) is 4.22. The lowest BCUT2D eigenvalue weighted by molar-refractivity contribution is 0.431. The summed E-state index contributed by atoms with van der Waals surface area (Å²) in [6.45, 7) is 3.78. The summed E-state index contributed by atoms with van der Waals surface area (Å²) in [4.78, 5) is 13.2. The Hall–Kier alpha value is -1.83. The van der Waals surface area contributed by atoms with E-state index in [0.717, 1.165) is 36.5 Å². The molecule has 3 aromatic rings. The van der Waals surface area contributed by atoms with Crippen LogP contribution < -0.4 is 5.32 Å². The van der Waals surface area contributed by atoms with Crippen molar-refractivity contribution < 1.29 is 4.52 Å². The van der Waals surface area contributed by atoms with E-state index in [1.54, 1.807) is 5.51 Å². The molecule has 0 aromatic carbocycles. The average Bonchev–Trinajstić information content (AvgIpc) is 3.18. The molecule has 0 spiro atoms. The highest BCUT2D eigenvalue weighted by atomic mass is 35.5. The van der Waals surface area contributed by atoms with Gasteiger partial charge in [-0.2, -0.15) is 4.98 Å². The minimum Gasteiger partial charge on any atom is -0.332 e. The van der Waals surface area contributed by atoms with Crippen LogP contribution in [0.3, 0.4) is 0 Å². The minimum absolute atomic E-state index is 0. The van der Waals surface area contributed by atoms with Crippen LogP contribution in [0.15, 0.2) is 21.6 Å². The van der Waals surface area contributed by atoms with Gasteiger partial charge in [0, 0.05) is 29.4 Å². The molecule has 4 rings (SSSR count). The summed E-state index contributed by atoms with van der Waals surface area (Å²) in [6, 6.07) is 0. The Morgan fingerprint density at radius 1 is 1.32 bits per heavy atom. The number of nitrogens with one attached hydrogen (secondary N) is 1. The van der Waals surface area contributed by atoms with E-state index in [-0.39, 0.29) is 12.4 Å². The standard InChI is InChI=1S/C14H13N5OS.ClH/c1-8-12(10-2-3-15-4-9(10)5-16-8)13-18-14(20-19-13)11-6-21-7-17-11;/h5-7,15H,2-4H2,1H3;1H. The number of thiazole rings is 1. The second-order valence-corrected chi connectivity index (χ2v) is 5.66. The molecule has 0 bridgehead atoms. The number of aryl methyl sites for hydroxylation is 1. The Kier molecular flexibility index (Phi) is 4.19. The number of pyridine rings is 1. The zero-order valence-electron chi connectivity index (χ0n) is 11.9. The molecule has 0 atom stereocenters. The molecule has 0 saturated carbocycles. The van der Waals surface area contributed by atoms with Crippen LogP contribution in [0.25, 0.3) is 23.0 Å². The van der Waals surface area contributed by atoms with Gasteiger partial charge >= 0.3 is 0 Å². The van der Waals surface area contributed by atoms with Gasteiger partial charge in [0.1, 0.15) is 5.69 Å². The van der Waals surface area contributed by atoms with Crippen molar-refractivity contribution >= 4 is 23.7 Å². The number of nitrogens with zero attached hydrogens (tertiary/aromatic N) is 4. The number of hydrogen-bond acceptors (Lipinski definition) is 7. The molecule has 0 aliphatic carbocycles. The molecule has 0 amide bonds. The summed E-state index contributed by atoms with van der Waals surface area (Å²) >= 11 is 1.51. The molecule has 0 saturated heterocycles. The Balaban J connectivity index is 0.00000144. The van der Waals surface area contributed by atoms with E-state index in [2.05, 4.69) is 25.4 Å². The quantitative estimate of drug-likeness (QED) is 0.775. The van der Waals surface area contributed by atoms with Crippen LogP contribution in [-0.2, 0) is 13.0 Å². The number of hydrogen-bond donors (Lipinski definition) is 1. The fourth-order valence-corrected chi connectivity index (χ4v) is 3.14. The van der Waals surface area contributed by atoms with Gasteiger partial charge in [-0.1, -0.05) is 5.16 Å². The Morgan fingerprint density at radius 2 is 2.23 bits per heavy atom. The molecule has 1 aliphatic rings. The fraction of sp³-hybridized carbons (Fsp3) is 0.286. The topological polar surface area (TPSA) is 76.7 Å². The molecule has 0 unspecified atom stereocenters. The molecular formula is C14H14ClN5OS. The van der Waals surface area contributed by atoms with Crippen molar-refractivity contribution in [2.24, 2.45) is 0 Å². The molecule has 6 nitrogen and oxygen atoms in total. The van der Waals surface area contributed by atoms with E-state index < -0.39 is 0 Å². The Morgan fingerprint density at radius 3 is 3.05 bits per heavy atom. The average molecular weight is 336 g/mol. The maximum Gasteiger partial charge on any atom is 0.277 e. The maximum atomic E-state index is 5.35. The van der Waals surface area contributed by atoms with Crippen molar-refractivity contribution in [1.82, 2.24) is 25.4 Å². The summed E-state index contributed by atoms with van der Waals surface area (Å²) < 4.78 is 5.35. The van der Waals surface area contributed by atoms with Gasteiger partial charge in [0.2, 0.25) is 5.82 Å². The third kappa shape index (κ3) is 2.51. The van der Waals surface area contributed by atoms with Crippen LogP contribution in [0, 0.1) is 6.92 Å². The normalized spacial score (nSPS) is 13.5. The summed E-state index contributed by atoms with van der Waals surface area (Å²) in [5.74, 6) is 1.05. The van der Waals surface area contributed by atoms with E-state index >= 15 is 0 Å². The molecular weight excluding hydrogens is 322 g/mol. The highest BCUT2D eigenvalue weighted by Crippen LogP contribution is 2.30. The van der Waals surface area contributed by atoms with Crippen molar-refractivity contribution in [3.8, 4) is 23.0 Å². The van der Waals surface area contributed by atoms with E-state index in [0.29, 0.717) is 11.7 Å². The molecule has 0 radical (unpaired) electrons. The van der Waals surface area contributed by atoms with Gasteiger partial charge in [0.25, 0.3) is 5.89 Å². The highest BCUT2D eigenvalue weighted by molar-refractivity contribution is 7.07. The molecule has 0 fully saturated rings. The van der Waals surface area contributed by atoms with E-state index in [9.17, 15) is 0 Å². The van der Waals surface area contributed by atoms with E-state index in [4.69, 9.17) is 4.52 Å². The predicted molar refractivity (Wildman–Crippen MR) is 86.0 cm³/mol. The smallest absolute Gasteiger partial charge is 0.277 e. The first-order chi connectivity index (χ1) is 10.3. The van der Waals surface area contributed by atoms with Crippen LogP contribution in [-0.4, -0.2) is 26.7 Å². The lowest BCUT2D eigenvalue weighted by Crippen LogP contribution is -2.24. The fourth-order valence-electron chi connectivity index (χ4n) is 2.61. The summed E-state index contributed by atoms with van der Waals surface area (Å²) in [5, 5.41) is 9.38. The monoisotopic (exact) mass is 335 g/mol. The van der Waals surface area contributed by atoms with E-state index in [1.807, 2.05) is 18.5 Å². The van der Waals surface area contributed by atoms with Crippen LogP contribution in [0.2, 0.25) is 0 Å². The first-order valence-electron chi connectivity index (χ1n) is 6.73. The molecule has 1 N–H and O–H groups in total. The van der Waals surface area contributed by atoms with Crippen molar-refractivity contribution in [2.45, 2.75) is 19.9 Å². The molecule has 114 valence electrons. The molecule has 1 aliphatic heterocycles. The van der Waals surface area contributed by atoms with Gasteiger partial charge in [0.05, 0.1) is 5.51 Å². The third-order valence-electron chi connectivity index (χ3n) is 3.63. The Bertz CT molecular complexity index is 787. The van der Waals surface area contributed by atoms with Crippen LogP contribution in [0.4, 0.5) is 0 Å². The van der Waals surface area contributed by atoms with Gasteiger partial charge in [-0.15, -0.1) is 23.7 Å². The number of fused-ring (bicyclic) bond motifs is 1. The summed E-state index contributed by atoms with van der Waals surface area (Å²) in [7, 11) is 0. The van der Waals surface area contributed by atoms with Crippen molar-refractivity contribution in [3.63, 3.8) is 0 Å². The molecule has 4 heterocycles. The second-order valence-electron chi connectivity index (χ2n) is 4.95. The molecule has 8 heteroatoms. The van der Waals surface area contributed by atoms with Crippen LogP contribution in [0.5, 0.6) is 0 Å². The zero-order chi connectivity index (χ0) is 14.2. The van der Waals surface area contributed by atoms with Gasteiger partial charge < -0.3 is 9.84 Å². The highest BCUT2D eigenvalue weighted by Gasteiger charge is 2.21. The summed E-state index contributed by atoms with van der Waals surface area (Å²) in [5.41, 5.74) is 6.88. The van der Waals surface area contributed by atoms with Gasteiger partial charge in [-0.3, -0.25) is 4.98 Å². The number of rotatable bonds is 2. The van der Waals surface area contributed by atoms with Gasteiger partial charge in [-0.05, 0) is 31.0 Å². The lowest BCUT2D eigenvalue weighted by Gasteiger charge is -2.19. The van der Waals surface area contributed by atoms with Gasteiger partial charge in [0.15, 0.2) is 0 Å². The Labute approximate surface area is 137 Å². The first-order valence-corrected chi connectivity index (χ1v) is 7.68. The number of aromatic nitrogens is 4. The van der Waals surface area contributed by atoms with Crippen molar-refractivity contribution in [1.29, 1.82) is 0 Å². The molecule has 3 aromatic heterocycles. The van der Waals surface area contributed by atoms with Crippen LogP contribution >= 0.6 is 23.7 Å². The lowest BCUT2D eigenvalue weighted by atomic mass is 9.95. The predicted octanol–water partition coefficient (Wildman–Crippen LogP) is 2.63. The molecule has 22 heavy (non-hydrogen) atoms. The minimum atomic E-state index is 0. The summed E-state index contributed by atoms with van der Waals surface area (Å²) in [6.07, 6.45) is 2.89.